The lowest BCUT2D eigenvalue weighted by molar-refractivity contribution is -0.124. The Kier molecular flexibility index (Phi) is 4.15. The van der Waals surface area contributed by atoms with E-state index < -0.39 is 0 Å². The van der Waals surface area contributed by atoms with Crippen LogP contribution in [0.25, 0.3) is 0 Å². The highest BCUT2D eigenvalue weighted by molar-refractivity contribution is 7.80. The Balaban J connectivity index is 2.20. The molecule has 1 saturated heterocycles. The van der Waals surface area contributed by atoms with Crippen LogP contribution in [0.15, 0.2) is 0 Å². The van der Waals surface area contributed by atoms with E-state index in [1.807, 2.05) is 0 Å². The summed E-state index contributed by atoms with van der Waals surface area (Å²) in [5.74, 6) is 0.112. The largest absolute Gasteiger partial charge is 0.353 e. The van der Waals surface area contributed by atoms with Crippen LogP contribution in [0.4, 0.5) is 0 Å². The summed E-state index contributed by atoms with van der Waals surface area (Å²) in [5, 5.41) is 3.47. The first kappa shape index (κ1) is 10.4. The van der Waals surface area contributed by atoms with Gasteiger partial charge in [0.25, 0.3) is 0 Å². The van der Waals surface area contributed by atoms with E-state index in [4.69, 9.17) is 12.2 Å². The van der Waals surface area contributed by atoms with E-state index >= 15 is 0 Å². The van der Waals surface area contributed by atoms with Gasteiger partial charge in [0, 0.05) is 6.54 Å². The number of nitrogens with zero attached hydrogens (tertiary/aromatic N) is 1. The molecule has 1 aliphatic rings. The molecule has 74 valence electrons. The molecule has 0 aliphatic carbocycles. The van der Waals surface area contributed by atoms with Gasteiger partial charge in [-0.2, -0.15) is 0 Å². The number of hydrogen-bond donors (Lipinski definition) is 1. The lowest BCUT2D eigenvalue weighted by Gasteiger charge is -2.13. The molecule has 0 aromatic rings. The molecule has 1 amide bonds. The van der Waals surface area contributed by atoms with Crippen LogP contribution in [-0.2, 0) is 4.79 Å². The fourth-order valence-electron chi connectivity index (χ4n) is 1.38. The lowest BCUT2D eigenvalue weighted by atomic mass is 10.2. The molecular formula is C9H16N2OS. The van der Waals surface area contributed by atoms with E-state index in [9.17, 15) is 4.79 Å². The molecular weight excluding hydrogens is 184 g/mol. The van der Waals surface area contributed by atoms with Crippen molar-refractivity contribution in [1.82, 2.24) is 10.2 Å². The quantitative estimate of drug-likeness (QED) is 0.536. The molecule has 1 fully saturated rings. The number of nitrogens with one attached hydrogen (secondary N) is 1. The Bertz CT molecular complexity index is 190. The van der Waals surface area contributed by atoms with E-state index in [0.717, 1.165) is 13.0 Å². The normalized spacial score (nSPS) is 16.5. The van der Waals surface area contributed by atoms with Crippen molar-refractivity contribution >= 4 is 23.2 Å². The summed E-state index contributed by atoms with van der Waals surface area (Å²) in [5.41, 5.74) is 0. The first-order valence-corrected chi connectivity index (χ1v) is 5.24. The van der Waals surface area contributed by atoms with Gasteiger partial charge in [0.15, 0.2) is 5.11 Å². The van der Waals surface area contributed by atoms with Crippen LogP contribution >= 0.6 is 12.2 Å². The van der Waals surface area contributed by atoms with Crippen molar-refractivity contribution in [3.05, 3.63) is 0 Å². The third kappa shape index (κ3) is 2.95. The zero-order chi connectivity index (χ0) is 9.68. The minimum Gasteiger partial charge on any atom is -0.353 e. The zero-order valence-electron chi connectivity index (χ0n) is 8.01. The van der Waals surface area contributed by atoms with Gasteiger partial charge in [-0.1, -0.05) is 26.2 Å². The molecule has 0 saturated carbocycles. The number of carbonyl (C=O) groups excluding carboxylic acids is 1. The molecule has 13 heavy (non-hydrogen) atoms. The van der Waals surface area contributed by atoms with Gasteiger partial charge < -0.3 is 5.32 Å². The molecule has 0 spiro atoms. The predicted molar refractivity (Wildman–Crippen MR) is 56.5 cm³/mol. The molecule has 1 aliphatic heterocycles. The van der Waals surface area contributed by atoms with Crippen LogP contribution in [-0.4, -0.2) is 29.0 Å². The third-order valence-corrected chi connectivity index (χ3v) is 2.54. The lowest BCUT2D eigenvalue weighted by Crippen LogP contribution is -2.31. The van der Waals surface area contributed by atoms with E-state index in [1.165, 1.54) is 19.3 Å². The first-order chi connectivity index (χ1) is 6.25. The summed E-state index contributed by atoms with van der Waals surface area (Å²) in [6, 6.07) is 0. The number of rotatable bonds is 5. The topological polar surface area (TPSA) is 32.3 Å². The predicted octanol–water partition coefficient (Wildman–Crippen LogP) is 1.28. The van der Waals surface area contributed by atoms with Gasteiger partial charge >= 0.3 is 0 Å². The van der Waals surface area contributed by atoms with Crippen molar-refractivity contribution in [3.8, 4) is 0 Å². The molecule has 0 aromatic carbocycles. The minimum atomic E-state index is 0.112. The highest BCUT2D eigenvalue weighted by Crippen LogP contribution is 2.04. The molecule has 0 aromatic heterocycles. The second kappa shape index (κ2) is 5.17. The van der Waals surface area contributed by atoms with E-state index in [2.05, 4.69) is 12.2 Å². The van der Waals surface area contributed by atoms with Gasteiger partial charge in [-0.3, -0.25) is 9.69 Å². The number of thiocarbonyl (C=S) groups is 1. The van der Waals surface area contributed by atoms with Gasteiger partial charge in [-0.15, -0.1) is 0 Å². The van der Waals surface area contributed by atoms with E-state index in [0.29, 0.717) is 11.7 Å². The summed E-state index contributed by atoms with van der Waals surface area (Å²) in [4.78, 5) is 12.9. The number of amides is 1. The Morgan fingerprint density at radius 1 is 1.46 bits per heavy atom. The summed E-state index contributed by atoms with van der Waals surface area (Å²) < 4.78 is 0. The molecule has 1 heterocycles. The highest BCUT2D eigenvalue weighted by atomic mass is 32.1. The average molecular weight is 200 g/mol. The first-order valence-electron chi connectivity index (χ1n) is 4.84. The molecule has 1 rings (SSSR count). The second-order valence-electron chi connectivity index (χ2n) is 3.26. The van der Waals surface area contributed by atoms with Crippen molar-refractivity contribution in [2.24, 2.45) is 0 Å². The molecule has 1 N–H and O–H groups in total. The van der Waals surface area contributed by atoms with Crippen LogP contribution in [0.1, 0.15) is 32.6 Å². The maximum absolute atomic E-state index is 11.2. The number of hydrogen-bond acceptors (Lipinski definition) is 2. The van der Waals surface area contributed by atoms with Gasteiger partial charge in [-0.05, 0) is 18.6 Å². The summed E-state index contributed by atoms with van der Waals surface area (Å²) in [7, 11) is 0. The monoisotopic (exact) mass is 200 g/mol. The zero-order valence-corrected chi connectivity index (χ0v) is 8.82. The SMILES string of the molecule is CCCCCCN1C(=O)CNC1=S. The molecule has 3 nitrogen and oxygen atoms in total. The van der Waals surface area contributed by atoms with Crippen molar-refractivity contribution in [2.75, 3.05) is 13.1 Å². The smallest absolute Gasteiger partial charge is 0.248 e. The van der Waals surface area contributed by atoms with Crippen LogP contribution in [0, 0.1) is 0 Å². The van der Waals surface area contributed by atoms with Gasteiger partial charge in [0.2, 0.25) is 5.91 Å². The Labute approximate surface area is 84.5 Å². The maximum atomic E-state index is 11.2. The van der Waals surface area contributed by atoms with Gasteiger partial charge in [0.1, 0.15) is 0 Å². The molecule has 0 radical (unpaired) electrons. The maximum Gasteiger partial charge on any atom is 0.248 e. The fourth-order valence-corrected chi connectivity index (χ4v) is 1.64. The second-order valence-corrected chi connectivity index (χ2v) is 3.65. The van der Waals surface area contributed by atoms with Crippen molar-refractivity contribution < 1.29 is 4.79 Å². The van der Waals surface area contributed by atoms with Crippen LogP contribution in [0.3, 0.4) is 0 Å². The van der Waals surface area contributed by atoms with Gasteiger partial charge in [0.05, 0.1) is 6.54 Å². The fraction of sp³-hybridized carbons (Fsp3) is 0.778. The molecule has 4 heteroatoms. The Hall–Kier alpha value is -0.640. The number of carbonyl (C=O) groups is 1. The highest BCUT2D eigenvalue weighted by Gasteiger charge is 2.23. The van der Waals surface area contributed by atoms with Crippen molar-refractivity contribution in [2.45, 2.75) is 32.6 Å². The molecule has 0 atom stereocenters. The average Bonchev–Trinajstić information content (AvgIpc) is 2.42. The minimum absolute atomic E-state index is 0.112. The van der Waals surface area contributed by atoms with Crippen molar-refractivity contribution in [3.63, 3.8) is 0 Å². The van der Waals surface area contributed by atoms with E-state index in [1.54, 1.807) is 4.90 Å². The Morgan fingerprint density at radius 3 is 2.77 bits per heavy atom. The standard InChI is InChI=1S/C9H16N2OS/c1-2-3-4-5-6-11-8(12)7-10-9(11)13/h2-7H2,1H3,(H,10,13). The Morgan fingerprint density at radius 2 is 2.23 bits per heavy atom. The van der Waals surface area contributed by atoms with Crippen LogP contribution in [0.5, 0.6) is 0 Å². The molecule has 0 unspecified atom stereocenters. The third-order valence-electron chi connectivity index (χ3n) is 2.17. The number of unbranched alkanes of at least 4 members (excludes halogenated alkanes) is 3. The van der Waals surface area contributed by atoms with Crippen LogP contribution < -0.4 is 5.32 Å². The van der Waals surface area contributed by atoms with Crippen LogP contribution in [0.2, 0.25) is 0 Å². The van der Waals surface area contributed by atoms with Crippen molar-refractivity contribution in [1.29, 1.82) is 0 Å². The molecule has 0 bridgehead atoms. The van der Waals surface area contributed by atoms with E-state index in [-0.39, 0.29) is 5.91 Å². The summed E-state index contributed by atoms with van der Waals surface area (Å²) >= 11 is 4.99. The summed E-state index contributed by atoms with van der Waals surface area (Å²) in [6.07, 6.45) is 4.70. The summed E-state index contributed by atoms with van der Waals surface area (Å²) in [6.45, 7) is 3.34. The van der Waals surface area contributed by atoms with Gasteiger partial charge in [-0.25, -0.2) is 0 Å².